The fourth-order valence-corrected chi connectivity index (χ4v) is 3.10. The van der Waals surface area contributed by atoms with Crippen LogP contribution in [0.25, 0.3) is 11.5 Å². The maximum absolute atomic E-state index is 14.7. The van der Waals surface area contributed by atoms with Crippen LogP contribution >= 0.6 is 0 Å². The molecule has 0 aliphatic rings. The second-order valence-corrected chi connectivity index (χ2v) is 6.48. The van der Waals surface area contributed by atoms with Gasteiger partial charge in [0.25, 0.3) is 0 Å². The number of nitrogens with one attached hydrogen (secondary N) is 1. The summed E-state index contributed by atoms with van der Waals surface area (Å²) in [6, 6.07) is 20.5. The summed E-state index contributed by atoms with van der Waals surface area (Å²) in [6.07, 6.45) is 0. The minimum absolute atomic E-state index is 0.233. The standard InChI is InChI=1S/C23H20FN3O3/c1-28-16-12-13-19(20(14-16)29-2)25-21(17-10-6-7-11-18(17)24)23-27-26-22(30-23)15-8-4-3-5-9-15/h3-14,21,25H,1-2H3. The third-order valence-electron chi connectivity index (χ3n) is 4.63. The maximum Gasteiger partial charge on any atom is 0.247 e. The normalized spacial score (nSPS) is 11.7. The number of hydrogen-bond acceptors (Lipinski definition) is 6. The first-order valence-electron chi connectivity index (χ1n) is 9.31. The molecule has 1 N–H and O–H groups in total. The number of ether oxygens (including phenoxy) is 2. The number of hydrogen-bond donors (Lipinski definition) is 1. The largest absolute Gasteiger partial charge is 0.497 e. The Labute approximate surface area is 173 Å². The fraction of sp³-hybridized carbons (Fsp3) is 0.130. The zero-order chi connectivity index (χ0) is 20.9. The van der Waals surface area contributed by atoms with Crippen LogP contribution in [0.3, 0.4) is 0 Å². The maximum atomic E-state index is 14.7. The molecule has 1 unspecified atom stereocenters. The van der Waals surface area contributed by atoms with E-state index in [1.54, 1.807) is 50.6 Å². The van der Waals surface area contributed by atoms with E-state index < -0.39 is 6.04 Å². The first kappa shape index (κ1) is 19.4. The molecule has 0 spiro atoms. The van der Waals surface area contributed by atoms with E-state index in [0.29, 0.717) is 28.6 Å². The van der Waals surface area contributed by atoms with Crippen LogP contribution in [-0.2, 0) is 0 Å². The second-order valence-electron chi connectivity index (χ2n) is 6.48. The number of rotatable bonds is 7. The van der Waals surface area contributed by atoms with Crippen molar-refractivity contribution < 1.29 is 18.3 Å². The van der Waals surface area contributed by atoms with Gasteiger partial charge in [-0.25, -0.2) is 4.39 Å². The first-order chi connectivity index (χ1) is 14.7. The fourth-order valence-electron chi connectivity index (χ4n) is 3.10. The highest BCUT2D eigenvalue weighted by Gasteiger charge is 2.25. The van der Waals surface area contributed by atoms with E-state index in [4.69, 9.17) is 13.9 Å². The summed E-state index contributed by atoms with van der Waals surface area (Å²) in [6.45, 7) is 0. The molecule has 0 amide bonds. The van der Waals surface area contributed by atoms with Crippen LogP contribution in [-0.4, -0.2) is 24.4 Å². The van der Waals surface area contributed by atoms with Crippen molar-refractivity contribution in [3.05, 3.63) is 90.1 Å². The molecular formula is C23H20FN3O3. The molecule has 4 rings (SSSR count). The predicted molar refractivity (Wildman–Crippen MR) is 111 cm³/mol. The molecule has 152 valence electrons. The molecule has 3 aromatic carbocycles. The van der Waals surface area contributed by atoms with Gasteiger partial charge in [0.05, 0.1) is 19.9 Å². The Bertz CT molecular complexity index is 1130. The lowest BCUT2D eigenvalue weighted by atomic mass is 10.1. The SMILES string of the molecule is COc1ccc(NC(c2nnc(-c3ccccc3)o2)c2ccccc2F)c(OC)c1. The van der Waals surface area contributed by atoms with Crippen molar-refractivity contribution in [1.29, 1.82) is 0 Å². The summed E-state index contributed by atoms with van der Waals surface area (Å²) in [4.78, 5) is 0. The average molecular weight is 405 g/mol. The summed E-state index contributed by atoms with van der Waals surface area (Å²) in [5.74, 6) is 1.39. The summed E-state index contributed by atoms with van der Waals surface area (Å²) in [5.41, 5.74) is 1.79. The van der Waals surface area contributed by atoms with Crippen LogP contribution in [0.1, 0.15) is 17.5 Å². The highest BCUT2D eigenvalue weighted by Crippen LogP contribution is 2.35. The van der Waals surface area contributed by atoms with Gasteiger partial charge in [0.15, 0.2) is 0 Å². The van der Waals surface area contributed by atoms with Crippen molar-refractivity contribution in [2.24, 2.45) is 0 Å². The quantitative estimate of drug-likeness (QED) is 0.462. The summed E-state index contributed by atoms with van der Waals surface area (Å²) < 4.78 is 31.3. The van der Waals surface area contributed by atoms with E-state index in [-0.39, 0.29) is 11.7 Å². The van der Waals surface area contributed by atoms with Crippen molar-refractivity contribution in [3.63, 3.8) is 0 Å². The minimum atomic E-state index is -0.724. The second kappa shape index (κ2) is 8.65. The summed E-state index contributed by atoms with van der Waals surface area (Å²) >= 11 is 0. The molecular weight excluding hydrogens is 385 g/mol. The van der Waals surface area contributed by atoms with Gasteiger partial charge < -0.3 is 19.2 Å². The minimum Gasteiger partial charge on any atom is -0.497 e. The van der Waals surface area contributed by atoms with Crippen molar-refractivity contribution in [2.45, 2.75) is 6.04 Å². The number of aromatic nitrogens is 2. The Morgan fingerprint density at radius 1 is 0.900 bits per heavy atom. The smallest absolute Gasteiger partial charge is 0.247 e. The van der Waals surface area contributed by atoms with Crippen LogP contribution in [0, 0.1) is 5.82 Å². The molecule has 0 fully saturated rings. The van der Waals surface area contributed by atoms with Gasteiger partial charge in [-0.1, -0.05) is 36.4 Å². The van der Waals surface area contributed by atoms with E-state index in [9.17, 15) is 4.39 Å². The number of benzene rings is 3. The molecule has 30 heavy (non-hydrogen) atoms. The third-order valence-corrected chi connectivity index (χ3v) is 4.63. The van der Waals surface area contributed by atoms with Crippen molar-refractivity contribution in [2.75, 3.05) is 19.5 Å². The van der Waals surface area contributed by atoms with Crippen molar-refractivity contribution in [3.8, 4) is 23.0 Å². The van der Waals surface area contributed by atoms with E-state index in [0.717, 1.165) is 5.56 Å². The van der Waals surface area contributed by atoms with Gasteiger partial charge >= 0.3 is 0 Å². The van der Waals surface area contributed by atoms with Crippen LogP contribution in [0.5, 0.6) is 11.5 Å². The van der Waals surface area contributed by atoms with Crippen LogP contribution in [0.4, 0.5) is 10.1 Å². The van der Waals surface area contributed by atoms with Gasteiger partial charge in [-0.2, -0.15) is 0 Å². The van der Waals surface area contributed by atoms with Gasteiger partial charge in [0.2, 0.25) is 11.8 Å². The van der Waals surface area contributed by atoms with Gasteiger partial charge in [0.1, 0.15) is 23.4 Å². The van der Waals surface area contributed by atoms with Crippen LogP contribution < -0.4 is 14.8 Å². The molecule has 0 aliphatic heterocycles. The number of halogens is 1. The number of nitrogens with zero attached hydrogens (tertiary/aromatic N) is 2. The van der Waals surface area contributed by atoms with Gasteiger partial charge in [-0.05, 0) is 30.3 Å². The third kappa shape index (κ3) is 3.96. The highest BCUT2D eigenvalue weighted by atomic mass is 19.1. The van der Waals surface area contributed by atoms with Crippen molar-refractivity contribution in [1.82, 2.24) is 10.2 Å². The topological polar surface area (TPSA) is 69.4 Å². The number of methoxy groups -OCH3 is 2. The Morgan fingerprint density at radius 2 is 1.67 bits per heavy atom. The van der Waals surface area contributed by atoms with Gasteiger partial charge in [-0.15, -0.1) is 10.2 Å². The molecule has 0 saturated carbocycles. The number of anilines is 1. The molecule has 0 bridgehead atoms. The monoisotopic (exact) mass is 405 g/mol. The van der Waals surface area contributed by atoms with E-state index in [1.807, 2.05) is 30.3 Å². The zero-order valence-corrected chi connectivity index (χ0v) is 16.5. The molecule has 0 aliphatic carbocycles. The molecule has 1 atom stereocenters. The van der Waals surface area contributed by atoms with Crippen LogP contribution in [0.2, 0.25) is 0 Å². The van der Waals surface area contributed by atoms with E-state index in [2.05, 4.69) is 15.5 Å². The van der Waals surface area contributed by atoms with E-state index in [1.165, 1.54) is 6.07 Å². The molecule has 6 nitrogen and oxygen atoms in total. The lowest BCUT2D eigenvalue weighted by molar-refractivity contribution is 0.395. The molecule has 7 heteroatoms. The Balaban J connectivity index is 1.75. The van der Waals surface area contributed by atoms with Crippen molar-refractivity contribution >= 4 is 5.69 Å². The van der Waals surface area contributed by atoms with Gasteiger partial charge in [-0.3, -0.25) is 0 Å². The molecule has 0 saturated heterocycles. The van der Waals surface area contributed by atoms with Gasteiger partial charge in [0, 0.05) is 17.2 Å². The predicted octanol–water partition coefficient (Wildman–Crippen LogP) is 5.09. The highest BCUT2D eigenvalue weighted by molar-refractivity contribution is 5.61. The molecule has 4 aromatic rings. The summed E-state index contributed by atoms with van der Waals surface area (Å²) in [5, 5.41) is 11.6. The summed E-state index contributed by atoms with van der Waals surface area (Å²) in [7, 11) is 3.13. The average Bonchev–Trinajstić information content (AvgIpc) is 3.29. The lowest BCUT2D eigenvalue weighted by Gasteiger charge is -2.19. The Kier molecular flexibility index (Phi) is 5.61. The Morgan fingerprint density at radius 3 is 2.40 bits per heavy atom. The van der Waals surface area contributed by atoms with Crippen LogP contribution in [0.15, 0.2) is 77.2 Å². The molecule has 0 radical (unpaired) electrons. The van der Waals surface area contributed by atoms with E-state index >= 15 is 0 Å². The lowest BCUT2D eigenvalue weighted by Crippen LogP contribution is -2.15. The first-order valence-corrected chi connectivity index (χ1v) is 9.31. The zero-order valence-electron chi connectivity index (χ0n) is 16.5. The molecule has 1 aromatic heterocycles. The Hall–Kier alpha value is -3.87. The molecule has 1 heterocycles.